The van der Waals surface area contributed by atoms with E-state index in [1.165, 1.54) is 0 Å². The largest absolute Gasteiger partial charge is 0.497 e. The molecule has 152 valence electrons. The van der Waals surface area contributed by atoms with E-state index in [-0.39, 0.29) is 0 Å². The van der Waals surface area contributed by atoms with Gasteiger partial charge in [-0.1, -0.05) is 30.3 Å². The van der Waals surface area contributed by atoms with Gasteiger partial charge in [0.2, 0.25) is 0 Å². The van der Waals surface area contributed by atoms with E-state index in [4.69, 9.17) is 9.47 Å². The van der Waals surface area contributed by atoms with Crippen molar-refractivity contribution in [3.8, 4) is 11.5 Å². The van der Waals surface area contributed by atoms with Crippen LogP contribution in [-0.4, -0.2) is 51.8 Å². The summed E-state index contributed by atoms with van der Waals surface area (Å²) in [7, 11) is 5.75. The third-order valence-electron chi connectivity index (χ3n) is 4.11. The van der Waals surface area contributed by atoms with Crippen LogP contribution in [0.25, 0.3) is 0 Å². The first kappa shape index (κ1) is 21.6. The van der Waals surface area contributed by atoms with Gasteiger partial charge in [0.25, 0.3) is 0 Å². The van der Waals surface area contributed by atoms with Crippen LogP contribution in [0.2, 0.25) is 0 Å². The van der Waals surface area contributed by atoms with Crippen molar-refractivity contribution in [2.75, 3.05) is 40.9 Å². The molecule has 2 aromatic carbocycles. The minimum absolute atomic E-state index is 0.577. The van der Waals surface area contributed by atoms with Crippen molar-refractivity contribution in [2.24, 2.45) is 4.99 Å². The van der Waals surface area contributed by atoms with Gasteiger partial charge in [0.05, 0.1) is 13.7 Å². The Hall–Kier alpha value is -2.73. The molecule has 2 aromatic rings. The molecule has 0 saturated heterocycles. The molecule has 0 amide bonds. The molecule has 0 aliphatic rings. The highest BCUT2D eigenvalue weighted by molar-refractivity contribution is 5.79. The highest BCUT2D eigenvalue weighted by atomic mass is 16.5. The number of hydrogen-bond acceptors (Lipinski definition) is 4. The Balaban J connectivity index is 1.98. The zero-order valence-electron chi connectivity index (χ0n) is 17.4. The second-order valence-corrected chi connectivity index (χ2v) is 6.66. The van der Waals surface area contributed by atoms with Crippen molar-refractivity contribution in [2.45, 2.75) is 20.0 Å². The molecule has 0 fully saturated rings. The summed E-state index contributed by atoms with van der Waals surface area (Å²) < 4.78 is 11.2. The number of nitrogens with one attached hydrogen (secondary N) is 2. The Bertz CT molecular complexity index is 747. The van der Waals surface area contributed by atoms with Gasteiger partial charge in [0.1, 0.15) is 18.1 Å². The van der Waals surface area contributed by atoms with E-state index in [0.29, 0.717) is 19.7 Å². The maximum absolute atomic E-state index is 5.94. The SMILES string of the molecule is CCNC(=NCc1cccc(OC)c1)NCc1ccccc1OCCN(C)C. The van der Waals surface area contributed by atoms with Gasteiger partial charge in [-0.05, 0) is 44.8 Å². The molecular formula is C22H32N4O2. The molecule has 28 heavy (non-hydrogen) atoms. The number of likely N-dealkylation sites (N-methyl/N-ethyl adjacent to an activating group) is 1. The first-order valence-electron chi connectivity index (χ1n) is 9.63. The molecule has 6 heteroatoms. The maximum atomic E-state index is 5.94. The number of para-hydroxylation sites is 1. The van der Waals surface area contributed by atoms with Gasteiger partial charge in [0.15, 0.2) is 5.96 Å². The van der Waals surface area contributed by atoms with Crippen LogP contribution in [0, 0.1) is 0 Å². The number of ether oxygens (including phenoxy) is 2. The zero-order chi connectivity index (χ0) is 20.2. The number of nitrogens with zero attached hydrogens (tertiary/aromatic N) is 2. The smallest absolute Gasteiger partial charge is 0.191 e. The molecule has 0 unspecified atom stereocenters. The van der Waals surface area contributed by atoms with E-state index < -0.39 is 0 Å². The first-order chi connectivity index (χ1) is 13.6. The summed E-state index contributed by atoms with van der Waals surface area (Å²) in [5, 5.41) is 6.68. The first-order valence-corrected chi connectivity index (χ1v) is 9.63. The number of hydrogen-bond donors (Lipinski definition) is 2. The normalized spacial score (nSPS) is 11.4. The molecule has 0 saturated carbocycles. The summed E-state index contributed by atoms with van der Waals surface area (Å²) in [6, 6.07) is 16.1. The second-order valence-electron chi connectivity index (χ2n) is 6.66. The molecule has 0 radical (unpaired) electrons. The fraction of sp³-hybridized carbons (Fsp3) is 0.409. The van der Waals surface area contributed by atoms with Crippen molar-refractivity contribution < 1.29 is 9.47 Å². The molecule has 0 heterocycles. The summed E-state index contributed by atoms with van der Waals surface area (Å²) in [6.07, 6.45) is 0. The lowest BCUT2D eigenvalue weighted by Crippen LogP contribution is -2.36. The number of benzene rings is 2. The summed E-state index contributed by atoms with van der Waals surface area (Å²) >= 11 is 0. The van der Waals surface area contributed by atoms with Crippen LogP contribution in [0.15, 0.2) is 53.5 Å². The van der Waals surface area contributed by atoms with Crippen LogP contribution in [0.4, 0.5) is 0 Å². The molecule has 0 bridgehead atoms. The van der Waals surface area contributed by atoms with Crippen molar-refractivity contribution in [3.05, 3.63) is 59.7 Å². The van der Waals surface area contributed by atoms with Crippen molar-refractivity contribution in [3.63, 3.8) is 0 Å². The number of guanidine groups is 1. The van der Waals surface area contributed by atoms with E-state index in [0.717, 1.165) is 41.7 Å². The summed E-state index contributed by atoms with van der Waals surface area (Å²) in [6.45, 7) is 5.61. The Morgan fingerprint density at radius 1 is 1.07 bits per heavy atom. The quantitative estimate of drug-likeness (QED) is 0.487. The minimum atomic E-state index is 0.577. The van der Waals surface area contributed by atoms with Crippen LogP contribution >= 0.6 is 0 Å². The van der Waals surface area contributed by atoms with Gasteiger partial charge in [0, 0.05) is 25.2 Å². The lowest BCUT2D eigenvalue weighted by molar-refractivity contribution is 0.259. The minimum Gasteiger partial charge on any atom is -0.497 e. The Morgan fingerprint density at radius 2 is 1.89 bits per heavy atom. The summed E-state index contributed by atoms with van der Waals surface area (Å²) in [4.78, 5) is 6.79. The summed E-state index contributed by atoms with van der Waals surface area (Å²) in [5.41, 5.74) is 2.21. The predicted molar refractivity (Wildman–Crippen MR) is 115 cm³/mol. The topological polar surface area (TPSA) is 58.1 Å². The van der Waals surface area contributed by atoms with Crippen molar-refractivity contribution in [1.29, 1.82) is 0 Å². The molecule has 0 aliphatic heterocycles. The Kier molecular flexibility index (Phi) is 9.15. The highest BCUT2D eigenvalue weighted by Gasteiger charge is 2.05. The maximum Gasteiger partial charge on any atom is 0.191 e. The lowest BCUT2D eigenvalue weighted by Gasteiger charge is -2.16. The predicted octanol–water partition coefficient (Wildman–Crippen LogP) is 2.89. The van der Waals surface area contributed by atoms with Gasteiger partial charge < -0.3 is 25.0 Å². The van der Waals surface area contributed by atoms with Gasteiger partial charge in [-0.25, -0.2) is 4.99 Å². The van der Waals surface area contributed by atoms with Crippen molar-refractivity contribution >= 4 is 5.96 Å². The number of methoxy groups -OCH3 is 1. The molecule has 0 atom stereocenters. The summed E-state index contributed by atoms with van der Waals surface area (Å²) in [5.74, 6) is 2.52. The van der Waals surface area contributed by atoms with Crippen LogP contribution < -0.4 is 20.1 Å². The lowest BCUT2D eigenvalue weighted by atomic mass is 10.2. The van der Waals surface area contributed by atoms with Crippen LogP contribution in [0.5, 0.6) is 11.5 Å². The third-order valence-corrected chi connectivity index (χ3v) is 4.11. The van der Waals surface area contributed by atoms with Crippen molar-refractivity contribution in [1.82, 2.24) is 15.5 Å². The molecule has 6 nitrogen and oxygen atoms in total. The van der Waals surface area contributed by atoms with Gasteiger partial charge in [-0.3, -0.25) is 0 Å². The fourth-order valence-corrected chi connectivity index (χ4v) is 2.59. The second kappa shape index (κ2) is 11.9. The van der Waals surface area contributed by atoms with E-state index in [2.05, 4.69) is 33.5 Å². The molecule has 0 aromatic heterocycles. The fourth-order valence-electron chi connectivity index (χ4n) is 2.59. The monoisotopic (exact) mass is 384 g/mol. The van der Waals surface area contributed by atoms with E-state index >= 15 is 0 Å². The van der Waals surface area contributed by atoms with E-state index in [1.807, 2.05) is 56.6 Å². The van der Waals surface area contributed by atoms with Gasteiger partial charge in [-0.15, -0.1) is 0 Å². The third kappa shape index (κ3) is 7.48. The van der Waals surface area contributed by atoms with E-state index in [9.17, 15) is 0 Å². The van der Waals surface area contributed by atoms with Gasteiger partial charge >= 0.3 is 0 Å². The molecule has 2 rings (SSSR count). The molecule has 0 aliphatic carbocycles. The van der Waals surface area contributed by atoms with Crippen LogP contribution in [0.3, 0.4) is 0 Å². The molecule has 0 spiro atoms. The molecule has 2 N–H and O–H groups in total. The van der Waals surface area contributed by atoms with Crippen LogP contribution in [-0.2, 0) is 13.1 Å². The standard InChI is InChI=1S/C22H32N4O2/c1-5-23-22(24-16-18-9-8-11-20(15-18)27-4)25-17-19-10-6-7-12-21(19)28-14-13-26(2)3/h6-12,15H,5,13-14,16-17H2,1-4H3,(H2,23,24,25). The Morgan fingerprint density at radius 3 is 2.64 bits per heavy atom. The van der Waals surface area contributed by atoms with Gasteiger partial charge in [-0.2, -0.15) is 0 Å². The van der Waals surface area contributed by atoms with Crippen LogP contribution in [0.1, 0.15) is 18.1 Å². The zero-order valence-corrected chi connectivity index (χ0v) is 17.4. The molecular weight excluding hydrogens is 352 g/mol. The highest BCUT2D eigenvalue weighted by Crippen LogP contribution is 2.17. The van der Waals surface area contributed by atoms with E-state index in [1.54, 1.807) is 7.11 Å². The Labute approximate surface area is 168 Å². The average molecular weight is 385 g/mol. The average Bonchev–Trinajstić information content (AvgIpc) is 2.71. The number of rotatable bonds is 10. The number of aliphatic imine (C=N–C) groups is 1.